The molecule has 1 fully saturated rings. The van der Waals surface area contributed by atoms with Crippen molar-refractivity contribution in [2.45, 2.75) is 59.3 Å². The summed E-state index contributed by atoms with van der Waals surface area (Å²) in [4.78, 5) is 28.5. The van der Waals surface area contributed by atoms with Crippen LogP contribution in [0, 0.1) is 13.8 Å². The Bertz CT molecular complexity index is 1240. The predicted molar refractivity (Wildman–Crippen MR) is 142 cm³/mol. The number of rotatable bonds is 4. The number of piperazine rings is 1. The van der Waals surface area contributed by atoms with Crippen molar-refractivity contribution in [2.75, 3.05) is 24.5 Å². The number of aromatic nitrogens is 2. The Kier molecular flexibility index (Phi) is 6.67. The second kappa shape index (κ2) is 9.90. The largest absolute Gasteiger partial charge is 0.465 e. The van der Waals surface area contributed by atoms with Crippen molar-refractivity contribution in [1.29, 1.82) is 0 Å². The minimum absolute atomic E-state index is 0.0200. The number of benzene rings is 2. The van der Waals surface area contributed by atoms with E-state index in [1.54, 1.807) is 4.90 Å². The van der Waals surface area contributed by atoms with Crippen LogP contribution in [0.15, 0.2) is 48.5 Å². The zero-order chi connectivity index (χ0) is 25.4. The van der Waals surface area contributed by atoms with E-state index in [2.05, 4.69) is 79.1 Å². The van der Waals surface area contributed by atoms with Gasteiger partial charge in [-0.15, -0.1) is 0 Å². The number of aryl methyl sites for hydroxylation is 2. The predicted octanol–water partition coefficient (Wildman–Crippen LogP) is 4.90. The van der Waals surface area contributed by atoms with Crippen molar-refractivity contribution in [3.8, 4) is 11.4 Å². The van der Waals surface area contributed by atoms with Gasteiger partial charge in [0.25, 0.3) is 0 Å². The van der Waals surface area contributed by atoms with E-state index < -0.39 is 6.09 Å². The monoisotopic (exact) mass is 485 g/mol. The van der Waals surface area contributed by atoms with Gasteiger partial charge in [0.05, 0.1) is 5.69 Å². The van der Waals surface area contributed by atoms with Crippen LogP contribution in [0.3, 0.4) is 0 Å². The quantitative estimate of drug-likeness (QED) is 0.567. The highest BCUT2D eigenvalue weighted by atomic mass is 16.4. The highest BCUT2D eigenvalue weighted by Gasteiger charge is 2.35. The molecule has 0 aliphatic carbocycles. The van der Waals surface area contributed by atoms with Gasteiger partial charge in [0.15, 0.2) is 5.82 Å². The van der Waals surface area contributed by atoms with Crippen molar-refractivity contribution in [1.82, 2.24) is 19.8 Å². The van der Waals surface area contributed by atoms with Gasteiger partial charge in [-0.1, -0.05) is 48.5 Å². The summed E-state index contributed by atoms with van der Waals surface area (Å²) < 4.78 is 0. The van der Waals surface area contributed by atoms with E-state index >= 15 is 0 Å². The molecule has 2 aliphatic heterocycles. The van der Waals surface area contributed by atoms with Gasteiger partial charge >= 0.3 is 6.09 Å². The van der Waals surface area contributed by atoms with Gasteiger partial charge in [0, 0.05) is 62.4 Å². The zero-order valence-corrected chi connectivity index (χ0v) is 21.6. The molecule has 0 bridgehead atoms. The molecule has 36 heavy (non-hydrogen) atoms. The maximum absolute atomic E-state index is 11.8. The number of amides is 1. The molecular formula is C29H35N5O2. The molecule has 188 valence electrons. The summed E-state index contributed by atoms with van der Waals surface area (Å²) in [6.07, 6.45) is 0.0123. The highest BCUT2D eigenvalue weighted by molar-refractivity contribution is 5.69. The second-order valence-corrected chi connectivity index (χ2v) is 10.3. The first kappa shape index (κ1) is 24.3. The summed E-state index contributed by atoms with van der Waals surface area (Å²) in [6.45, 7) is 12.0. The molecule has 0 radical (unpaired) electrons. The number of anilines is 1. The van der Waals surface area contributed by atoms with Gasteiger partial charge in [-0.25, -0.2) is 14.8 Å². The van der Waals surface area contributed by atoms with Crippen LogP contribution in [-0.2, 0) is 19.5 Å². The van der Waals surface area contributed by atoms with Crippen LogP contribution in [0.5, 0.6) is 0 Å². The summed E-state index contributed by atoms with van der Waals surface area (Å²) >= 11 is 0. The van der Waals surface area contributed by atoms with E-state index in [0.717, 1.165) is 49.0 Å². The summed E-state index contributed by atoms with van der Waals surface area (Å²) in [7, 11) is 0. The normalized spacial score (nSPS) is 20.3. The number of fused-ring (bicyclic) bond motifs is 1. The standard InChI is InChI=1S/C29H35N5O2/c1-19-9-8-10-20(2)26(19)27-30-25-13-14-32(17-23-11-6-5-7-12-23)18-24(25)28(31-27)33-15-22(4)34(29(35)36)16-21(33)3/h5-12,21-22H,13-18H2,1-4H3,(H,35,36). The van der Waals surface area contributed by atoms with Crippen LogP contribution in [-0.4, -0.2) is 62.7 Å². The van der Waals surface area contributed by atoms with E-state index in [1.807, 2.05) is 6.92 Å². The summed E-state index contributed by atoms with van der Waals surface area (Å²) in [5.41, 5.74) is 7.02. The molecule has 5 rings (SSSR count). The van der Waals surface area contributed by atoms with Gasteiger partial charge < -0.3 is 14.9 Å². The molecule has 2 aliphatic rings. The smallest absolute Gasteiger partial charge is 0.407 e. The van der Waals surface area contributed by atoms with Crippen LogP contribution in [0.4, 0.5) is 10.6 Å². The fraction of sp³-hybridized carbons (Fsp3) is 0.414. The van der Waals surface area contributed by atoms with Gasteiger partial charge in [0.2, 0.25) is 0 Å². The van der Waals surface area contributed by atoms with E-state index in [4.69, 9.17) is 9.97 Å². The first-order valence-electron chi connectivity index (χ1n) is 12.8. The molecule has 7 heteroatoms. The van der Waals surface area contributed by atoms with Crippen molar-refractivity contribution in [3.63, 3.8) is 0 Å². The molecule has 2 atom stereocenters. The first-order chi connectivity index (χ1) is 17.3. The summed E-state index contributed by atoms with van der Waals surface area (Å²) in [5, 5.41) is 9.68. The number of carboxylic acid groups (broad SMARTS) is 1. The second-order valence-electron chi connectivity index (χ2n) is 10.3. The van der Waals surface area contributed by atoms with E-state index in [1.165, 1.54) is 22.3 Å². The van der Waals surface area contributed by atoms with Crippen molar-refractivity contribution < 1.29 is 9.90 Å². The van der Waals surface area contributed by atoms with Gasteiger partial charge in [-0.05, 0) is 44.4 Å². The first-order valence-corrected chi connectivity index (χ1v) is 12.8. The molecule has 0 saturated carbocycles. The molecule has 2 unspecified atom stereocenters. The van der Waals surface area contributed by atoms with Crippen molar-refractivity contribution in [2.24, 2.45) is 0 Å². The minimum atomic E-state index is -0.857. The van der Waals surface area contributed by atoms with Gasteiger partial charge in [-0.3, -0.25) is 4.90 Å². The van der Waals surface area contributed by atoms with Crippen molar-refractivity contribution >= 4 is 11.9 Å². The van der Waals surface area contributed by atoms with E-state index in [-0.39, 0.29) is 12.1 Å². The Labute approximate surface area is 213 Å². The van der Waals surface area contributed by atoms with Gasteiger partial charge in [-0.2, -0.15) is 0 Å². The Balaban J connectivity index is 1.57. The molecule has 1 amide bonds. The Morgan fingerprint density at radius 2 is 1.69 bits per heavy atom. The third-order valence-electron chi connectivity index (χ3n) is 7.57. The number of nitrogens with zero attached hydrogens (tertiary/aromatic N) is 5. The number of hydrogen-bond donors (Lipinski definition) is 1. The molecular weight excluding hydrogens is 450 g/mol. The average molecular weight is 486 g/mol. The van der Waals surface area contributed by atoms with Crippen LogP contribution in [0.25, 0.3) is 11.4 Å². The Morgan fingerprint density at radius 1 is 0.972 bits per heavy atom. The Hall–Kier alpha value is -3.45. The third kappa shape index (κ3) is 4.67. The van der Waals surface area contributed by atoms with E-state index in [9.17, 15) is 9.90 Å². The van der Waals surface area contributed by atoms with Gasteiger partial charge in [0.1, 0.15) is 5.82 Å². The fourth-order valence-corrected chi connectivity index (χ4v) is 5.63. The number of carbonyl (C=O) groups is 1. The maximum Gasteiger partial charge on any atom is 0.407 e. The Morgan fingerprint density at radius 3 is 2.39 bits per heavy atom. The minimum Gasteiger partial charge on any atom is -0.465 e. The maximum atomic E-state index is 11.8. The SMILES string of the molecule is Cc1cccc(C)c1-c1nc2c(c(N3CC(C)N(C(=O)O)CC3C)n1)CN(Cc1ccccc1)CC2. The lowest BCUT2D eigenvalue weighted by Gasteiger charge is -2.44. The van der Waals surface area contributed by atoms with Crippen LogP contribution >= 0.6 is 0 Å². The molecule has 7 nitrogen and oxygen atoms in total. The average Bonchev–Trinajstić information content (AvgIpc) is 2.85. The lowest BCUT2D eigenvalue weighted by Crippen LogP contribution is -2.58. The molecule has 3 heterocycles. The van der Waals surface area contributed by atoms with Crippen LogP contribution in [0.2, 0.25) is 0 Å². The fourth-order valence-electron chi connectivity index (χ4n) is 5.63. The molecule has 1 saturated heterocycles. The van der Waals surface area contributed by atoms with E-state index in [0.29, 0.717) is 13.1 Å². The van der Waals surface area contributed by atoms with Crippen LogP contribution in [0.1, 0.15) is 41.8 Å². The summed E-state index contributed by atoms with van der Waals surface area (Å²) in [5.74, 6) is 1.73. The third-order valence-corrected chi connectivity index (χ3v) is 7.57. The highest BCUT2D eigenvalue weighted by Crippen LogP contribution is 2.34. The zero-order valence-electron chi connectivity index (χ0n) is 21.6. The molecule has 0 spiro atoms. The topological polar surface area (TPSA) is 72.8 Å². The van der Waals surface area contributed by atoms with Crippen LogP contribution < -0.4 is 4.90 Å². The lowest BCUT2D eigenvalue weighted by molar-refractivity contribution is 0.114. The molecule has 3 aromatic rings. The lowest BCUT2D eigenvalue weighted by atomic mass is 9.99. The number of hydrogen-bond acceptors (Lipinski definition) is 5. The summed E-state index contributed by atoms with van der Waals surface area (Å²) in [6, 6.07) is 16.8. The van der Waals surface area contributed by atoms with Crippen molar-refractivity contribution in [3.05, 3.63) is 76.5 Å². The molecule has 2 aromatic carbocycles. The molecule has 1 aromatic heterocycles. The molecule has 1 N–H and O–H groups in total.